The summed E-state index contributed by atoms with van der Waals surface area (Å²) >= 11 is 0. The maximum atomic E-state index is 12.3. The van der Waals surface area contributed by atoms with Crippen LogP contribution in [0.2, 0.25) is 0 Å². The molecule has 0 aliphatic carbocycles. The molecule has 21 heavy (non-hydrogen) atoms. The molecule has 0 spiro atoms. The Labute approximate surface area is 127 Å². The number of ketones is 1. The fourth-order valence-electron chi connectivity index (χ4n) is 2.75. The molecular formula is C17H25NO3. The van der Waals surface area contributed by atoms with Crippen LogP contribution in [0.3, 0.4) is 0 Å². The first kappa shape index (κ1) is 16.1. The van der Waals surface area contributed by atoms with Gasteiger partial charge in [0.05, 0.1) is 18.8 Å². The minimum Gasteiger partial charge on any atom is -0.377 e. The number of ether oxygens (including phenoxy) is 2. The summed E-state index contributed by atoms with van der Waals surface area (Å²) in [5, 5.41) is 0. The quantitative estimate of drug-likeness (QED) is 0.754. The van der Waals surface area contributed by atoms with Crippen LogP contribution in [-0.4, -0.2) is 56.7 Å². The van der Waals surface area contributed by atoms with Crippen molar-refractivity contribution in [1.82, 2.24) is 4.90 Å². The summed E-state index contributed by atoms with van der Waals surface area (Å²) in [5.41, 5.74) is 2.03. The summed E-state index contributed by atoms with van der Waals surface area (Å²) in [5.74, 6) is 0.634. The molecule has 0 aromatic heterocycles. The summed E-state index contributed by atoms with van der Waals surface area (Å²) in [6.07, 6.45) is 0.0947. The average molecular weight is 291 g/mol. The second-order valence-corrected chi connectivity index (χ2v) is 5.94. The van der Waals surface area contributed by atoms with Crippen LogP contribution in [0, 0.1) is 0 Å². The lowest BCUT2D eigenvalue weighted by Gasteiger charge is -2.14. The van der Waals surface area contributed by atoms with E-state index in [9.17, 15) is 4.79 Å². The van der Waals surface area contributed by atoms with Gasteiger partial charge in [0.15, 0.2) is 5.78 Å². The van der Waals surface area contributed by atoms with E-state index in [0.717, 1.165) is 18.7 Å². The summed E-state index contributed by atoms with van der Waals surface area (Å²) in [6, 6.07) is 7.93. The maximum absolute atomic E-state index is 12.3. The van der Waals surface area contributed by atoms with Crippen molar-refractivity contribution in [3.8, 4) is 0 Å². The molecule has 4 nitrogen and oxygen atoms in total. The summed E-state index contributed by atoms with van der Waals surface area (Å²) in [7, 11) is 3.37. The second kappa shape index (κ2) is 7.16. The molecule has 0 bridgehead atoms. The highest BCUT2D eigenvalue weighted by Crippen LogP contribution is 2.18. The Balaban J connectivity index is 1.95. The third kappa shape index (κ3) is 3.90. The Kier molecular flexibility index (Phi) is 5.51. The number of rotatable bonds is 6. The lowest BCUT2D eigenvalue weighted by Crippen LogP contribution is -2.29. The second-order valence-electron chi connectivity index (χ2n) is 5.94. The first-order valence-electron chi connectivity index (χ1n) is 7.46. The number of hydrogen-bond donors (Lipinski definition) is 0. The molecule has 1 aliphatic rings. The molecule has 0 amide bonds. The van der Waals surface area contributed by atoms with Crippen molar-refractivity contribution >= 4 is 5.78 Å². The van der Waals surface area contributed by atoms with Crippen LogP contribution in [0.1, 0.15) is 35.7 Å². The average Bonchev–Trinajstić information content (AvgIpc) is 2.89. The smallest absolute Gasteiger partial charge is 0.176 e. The van der Waals surface area contributed by atoms with Crippen molar-refractivity contribution in [3.05, 3.63) is 35.4 Å². The van der Waals surface area contributed by atoms with Gasteiger partial charge in [0.2, 0.25) is 0 Å². The predicted octanol–water partition coefficient (Wildman–Crippen LogP) is 2.34. The van der Waals surface area contributed by atoms with E-state index >= 15 is 0 Å². The molecule has 4 heteroatoms. The van der Waals surface area contributed by atoms with Gasteiger partial charge in [-0.15, -0.1) is 0 Å². The number of methoxy groups -OCH3 is 2. The lowest BCUT2D eigenvalue weighted by molar-refractivity contribution is -0.00461. The molecule has 1 saturated heterocycles. The Morgan fingerprint density at radius 3 is 2.10 bits per heavy atom. The zero-order chi connectivity index (χ0) is 15.4. The van der Waals surface area contributed by atoms with Gasteiger partial charge < -0.3 is 9.47 Å². The predicted molar refractivity (Wildman–Crippen MR) is 82.9 cm³/mol. The van der Waals surface area contributed by atoms with Gasteiger partial charge in [-0.25, -0.2) is 0 Å². The number of Topliss-reactive ketones (excluding diaryl/α,β-unsaturated/α-hetero) is 1. The molecule has 2 atom stereocenters. The Morgan fingerprint density at radius 2 is 1.67 bits per heavy atom. The first-order valence-corrected chi connectivity index (χ1v) is 7.46. The van der Waals surface area contributed by atoms with Crippen molar-refractivity contribution in [3.63, 3.8) is 0 Å². The molecule has 1 aromatic carbocycles. The van der Waals surface area contributed by atoms with Gasteiger partial charge in [0.25, 0.3) is 0 Å². The van der Waals surface area contributed by atoms with E-state index in [1.165, 1.54) is 5.56 Å². The highest BCUT2D eigenvalue weighted by atomic mass is 16.5. The van der Waals surface area contributed by atoms with Crippen LogP contribution in [0.25, 0.3) is 0 Å². The van der Waals surface area contributed by atoms with Gasteiger partial charge in [-0.05, 0) is 11.5 Å². The largest absolute Gasteiger partial charge is 0.377 e. The molecule has 2 rings (SSSR count). The highest BCUT2D eigenvalue weighted by Gasteiger charge is 2.33. The van der Waals surface area contributed by atoms with Crippen molar-refractivity contribution in [2.45, 2.75) is 32.0 Å². The van der Waals surface area contributed by atoms with Crippen LogP contribution < -0.4 is 0 Å². The Morgan fingerprint density at radius 1 is 1.14 bits per heavy atom. The minimum absolute atomic E-state index is 0.0473. The third-order valence-electron chi connectivity index (χ3n) is 4.16. The number of benzene rings is 1. The zero-order valence-electron chi connectivity index (χ0n) is 13.3. The van der Waals surface area contributed by atoms with Gasteiger partial charge in [0.1, 0.15) is 0 Å². The SMILES string of the molecule is COC1CN(CC(=O)c2ccc(C(C)C)cc2)CC1OC. The maximum Gasteiger partial charge on any atom is 0.176 e. The van der Waals surface area contributed by atoms with Gasteiger partial charge in [-0.3, -0.25) is 9.69 Å². The molecule has 1 aromatic rings. The number of hydrogen-bond acceptors (Lipinski definition) is 4. The van der Waals surface area contributed by atoms with E-state index in [2.05, 4.69) is 18.7 Å². The van der Waals surface area contributed by atoms with Crippen LogP contribution in [0.15, 0.2) is 24.3 Å². The topological polar surface area (TPSA) is 38.8 Å². The third-order valence-corrected chi connectivity index (χ3v) is 4.16. The highest BCUT2D eigenvalue weighted by molar-refractivity contribution is 5.97. The number of carbonyl (C=O) groups is 1. The number of likely N-dealkylation sites (tertiary alicyclic amines) is 1. The van der Waals surface area contributed by atoms with Crippen molar-refractivity contribution in [1.29, 1.82) is 0 Å². The first-order chi connectivity index (χ1) is 10.0. The van der Waals surface area contributed by atoms with E-state index in [1.54, 1.807) is 14.2 Å². The molecule has 0 saturated carbocycles. The lowest BCUT2D eigenvalue weighted by atomic mass is 10.0. The van der Waals surface area contributed by atoms with Crippen molar-refractivity contribution < 1.29 is 14.3 Å². The van der Waals surface area contributed by atoms with Crippen molar-refractivity contribution in [2.24, 2.45) is 0 Å². The summed E-state index contributed by atoms with van der Waals surface area (Å²) < 4.78 is 10.8. The molecule has 0 radical (unpaired) electrons. The van der Waals surface area contributed by atoms with Crippen LogP contribution in [0.5, 0.6) is 0 Å². The molecule has 0 N–H and O–H groups in total. The zero-order valence-corrected chi connectivity index (χ0v) is 13.3. The van der Waals surface area contributed by atoms with Crippen LogP contribution in [0.4, 0.5) is 0 Å². The fourth-order valence-corrected chi connectivity index (χ4v) is 2.75. The van der Waals surface area contributed by atoms with Crippen LogP contribution >= 0.6 is 0 Å². The minimum atomic E-state index is 0.0473. The molecule has 2 unspecified atom stereocenters. The Hall–Kier alpha value is -1.23. The molecule has 1 aliphatic heterocycles. The monoisotopic (exact) mass is 291 g/mol. The molecule has 1 fully saturated rings. The number of nitrogens with zero attached hydrogens (tertiary/aromatic N) is 1. The van der Waals surface area contributed by atoms with Gasteiger partial charge in [-0.1, -0.05) is 38.1 Å². The summed E-state index contributed by atoms with van der Waals surface area (Å²) in [6.45, 7) is 6.20. The van der Waals surface area contributed by atoms with Crippen molar-refractivity contribution in [2.75, 3.05) is 33.9 Å². The molecular weight excluding hydrogens is 266 g/mol. The van der Waals surface area contributed by atoms with E-state index in [1.807, 2.05) is 24.3 Å². The standard InChI is InChI=1S/C17H25NO3/c1-12(2)13-5-7-14(8-6-13)15(19)9-18-10-16(20-3)17(11-18)21-4/h5-8,12,16-17H,9-11H2,1-4H3. The summed E-state index contributed by atoms with van der Waals surface area (Å²) in [4.78, 5) is 14.4. The van der Waals surface area contributed by atoms with E-state index < -0.39 is 0 Å². The normalized spacial score (nSPS) is 22.9. The van der Waals surface area contributed by atoms with Gasteiger partial charge in [-0.2, -0.15) is 0 Å². The van der Waals surface area contributed by atoms with E-state index in [-0.39, 0.29) is 18.0 Å². The van der Waals surface area contributed by atoms with E-state index in [0.29, 0.717) is 12.5 Å². The van der Waals surface area contributed by atoms with Gasteiger partial charge in [0, 0.05) is 32.9 Å². The molecule has 116 valence electrons. The van der Waals surface area contributed by atoms with Crippen LogP contribution in [-0.2, 0) is 9.47 Å². The van der Waals surface area contributed by atoms with Gasteiger partial charge >= 0.3 is 0 Å². The Bertz CT molecular complexity index is 457. The fraction of sp³-hybridized carbons (Fsp3) is 0.588. The van der Waals surface area contributed by atoms with E-state index in [4.69, 9.17) is 9.47 Å². The number of carbonyl (C=O) groups excluding carboxylic acids is 1. The molecule has 1 heterocycles.